The molecular formula is C13H6ClF5N2O2. The van der Waals surface area contributed by atoms with Gasteiger partial charge in [-0.05, 0) is 12.1 Å². The van der Waals surface area contributed by atoms with Crippen LogP contribution in [-0.4, -0.2) is 28.5 Å². The zero-order valence-corrected chi connectivity index (χ0v) is 11.8. The Morgan fingerprint density at radius 1 is 1.17 bits per heavy atom. The van der Waals surface area contributed by atoms with Gasteiger partial charge in [-0.2, -0.15) is 13.2 Å². The van der Waals surface area contributed by atoms with Crippen molar-refractivity contribution in [2.24, 2.45) is 0 Å². The first-order chi connectivity index (χ1) is 10.7. The smallest absolute Gasteiger partial charge is 0.422 e. The van der Waals surface area contributed by atoms with Crippen LogP contribution in [0.5, 0.6) is 5.88 Å². The summed E-state index contributed by atoms with van der Waals surface area (Å²) in [7, 11) is 0. The molecule has 1 aromatic carbocycles. The molecule has 0 atom stereocenters. The topological polar surface area (TPSA) is 52.1 Å². The maximum atomic E-state index is 13.7. The Hall–Kier alpha value is -2.29. The standard InChI is InChI=1S/C13H6ClF5N2O2/c14-10-7(15)2-1-6(11(10)16)12(22)8-3-21-9(4-20-8)23-5-13(17,18)19/h1-4H,5H2. The van der Waals surface area contributed by atoms with Crippen LogP contribution in [0, 0.1) is 11.6 Å². The third-order valence-electron chi connectivity index (χ3n) is 2.52. The molecule has 0 aliphatic carbocycles. The second-order valence-corrected chi connectivity index (χ2v) is 4.57. The van der Waals surface area contributed by atoms with Crippen molar-refractivity contribution in [3.05, 3.63) is 52.4 Å². The van der Waals surface area contributed by atoms with Gasteiger partial charge in [0, 0.05) is 0 Å². The predicted molar refractivity (Wildman–Crippen MR) is 68.4 cm³/mol. The maximum absolute atomic E-state index is 13.7. The highest BCUT2D eigenvalue weighted by Gasteiger charge is 2.28. The van der Waals surface area contributed by atoms with Gasteiger partial charge in [0.1, 0.15) is 16.5 Å². The molecule has 0 bridgehead atoms. The minimum atomic E-state index is -4.55. The lowest BCUT2D eigenvalue weighted by Crippen LogP contribution is -2.20. The van der Waals surface area contributed by atoms with Gasteiger partial charge in [-0.3, -0.25) is 4.79 Å². The van der Waals surface area contributed by atoms with E-state index in [4.69, 9.17) is 11.6 Å². The van der Waals surface area contributed by atoms with E-state index in [0.29, 0.717) is 0 Å². The largest absolute Gasteiger partial charge is 0.467 e. The molecule has 23 heavy (non-hydrogen) atoms. The fourth-order valence-corrected chi connectivity index (χ4v) is 1.67. The van der Waals surface area contributed by atoms with Crippen LogP contribution < -0.4 is 4.74 Å². The summed E-state index contributed by atoms with van der Waals surface area (Å²) in [5.74, 6) is -3.73. The van der Waals surface area contributed by atoms with E-state index in [0.717, 1.165) is 24.5 Å². The van der Waals surface area contributed by atoms with Gasteiger partial charge in [-0.15, -0.1) is 0 Å². The molecule has 4 nitrogen and oxygen atoms in total. The minimum absolute atomic E-state index is 0.370. The molecule has 10 heteroatoms. The van der Waals surface area contributed by atoms with Crippen LogP contribution in [0.1, 0.15) is 16.1 Å². The fraction of sp³-hybridized carbons (Fsp3) is 0.154. The van der Waals surface area contributed by atoms with Crippen molar-refractivity contribution in [3.63, 3.8) is 0 Å². The normalized spacial score (nSPS) is 11.4. The molecule has 0 unspecified atom stereocenters. The Morgan fingerprint density at radius 2 is 1.87 bits per heavy atom. The summed E-state index contributed by atoms with van der Waals surface area (Å²) in [6.07, 6.45) is -2.96. The van der Waals surface area contributed by atoms with E-state index in [-0.39, 0.29) is 5.69 Å². The lowest BCUT2D eigenvalue weighted by atomic mass is 10.1. The lowest BCUT2D eigenvalue weighted by Gasteiger charge is -2.08. The summed E-state index contributed by atoms with van der Waals surface area (Å²) in [4.78, 5) is 19.0. The predicted octanol–water partition coefficient (Wildman–Crippen LogP) is 3.58. The summed E-state index contributed by atoms with van der Waals surface area (Å²) < 4.78 is 67.0. The molecule has 0 N–H and O–H groups in total. The van der Waals surface area contributed by atoms with Crippen molar-refractivity contribution in [2.45, 2.75) is 6.18 Å². The van der Waals surface area contributed by atoms with E-state index in [1.165, 1.54) is 0 Å². The van der Waals surface area contributed by atoms with Crippen LogP contribution in [0.4, 0.5) is 22.0 Å². The number of ether oxygens (including phenoxy) is 1. The molecular weight excluding hydrogens is 347 g/mol. The van der Waals surface area contributed by atoms with E-state index in [9.17, 15) is 26.7 Å². The Morgan fingerprint density at radius 3 is 2.43 bits per heavy atom. The zero-order chi connectivity index (χ0) is 17.2. The van der Waals surface area contributed by atoms with E-state index >= 15 is 0 Å². The molecule has 0 radical (unpaired) electrons. The molecule has 0 spiro atoms. The summed E-state index contributed by atoms with van der Waals surface area (Å²) in [5, 5.41) is -0.853. The van der Waals surface area contributed by atoms with Gasteiger partial charge < -0.3 is 4.74 Å². The molecule has 0 saturated carbocycles. The van der Waals surface area contributed by atoms with Crippen molar-refractivity contribution in [1.29, 1.82) is 0 Å². The molecule has 0 aliphatic rings. The van der Waals surface area contributed by atoms with Gasteiger partial charge in [-0.1, -0.05) is 11.6 Å². The van der Waals surface area contributed by atoms with E-state index in [2.05, 4.69) is 14.7 Å². The number of alkyl halides is 3. The molecule has 2 aromatic rings. The van der Waals surface area contributed by atoms with Crippen LogP contribution in [-0.2, 0) is 0 Å². The third kappa shape index (κ3) is 4.13. The number of benzene rings is 1. The number of halogens is 6. The first-order valence-electron chi connectivity index (χ1n) is 5.89. The molecule has 0 fully saturated rings. The van der Waals surface area contributed by atoms with E-state index in [1.807, 2.05) is 0 Å². The van der Waals surface area contributed by atoms with Gasteiger partial charge in [0.15, 0.2) is 12.4 Å². The van der Waals surface area contributed by atoms with Crippen molar-refractivity contribution in [3.8, 4) is 5.88 Å². The van der Waals surface area contributed by atoms with Crippen LogP contribution in [0.2, 0.25) is 5.02 Å². The summed E-state index contributed by atoms with van der Waals surface area (Å²) in [6, 6.07) is 1.67. The first-order valence-corrected chi connectivity index (χ1v) is 6.26. The monoisotopic (exact) mass is 352 g/mol. The summed E-state index contributed by atoms with van der Waals surface area (Å²) in [5.41, 5.74) is -0.916. The van der Waals surface area contributed by atoms with Gasteiger partial charge in [0.25, 0.3) is 0 Å². The van der Waals surface area contributed by atoms with Crippen LogP contribution in [0.15, 0.2) is 24.5 Å². The van der Waals surface area contributed by atoms with Crippen molar-refractivity contribution in [1.82, 2.24) is 9.97 Å². The number of carbonyl (C=O) groups is 1. The van der Waals surface area contributed by atoms with E-state index < -0.39 is 46.7 Å². The molecule has 2 rings (SSSR count). The Bertz CT molecular complexity index is 734. The maximum Gasteiger partial charge on any atom is 0.422 e. The second kappa shape index (κ2) is 6.45. The zero-order valence-electron chi connectivity index (χ0n) is 11.0. The molecule has 1 aromatic heterocycles. The fourth-order valence-electron chi connectivity index (χ4n) is 1.50. The second-order valence-electron chi connectivity index (χ2n) is 4.20. The average molecular weight is 353 g/mol. The summed E-state index contributed by atoms with van der Waals surface area (Å²) >= 11 is 5.36. The highest BCUT2D eigenvalue weighted by Crippen LogP contribution is 2.23. The number of aromatic nitrogens is 2. The molecule has 1 heterocycles. The molecule has 0 aliphatic heterocycles. The molecule has 0 saturated heterocycles. The van der Waals surface area contributed by atoms with Crippen molar-refractivity contribution >= 4 is 17.4 Å². The number of carbonyl (C=O) groups excluding carboxylic acids is 1. The van der Waals surface area contributed by atoms with Gasteiger partial charge in [-0.25, -0.2) is 18.7 Å². The number of nitrogens with zero attached hydrogens (tertiary/aromatic N) is 2. The van der Waals surface area contributed by atoms with Crippen molar-refractivity contribution in [2.75, 3.05) is 6.61 Å². The van der Waals surface area contributed by atoms with Gasteiger partial charge in [0.2, 0.25) is 11.7 Å². The van der Waals surface area contributed by atoms with Crippen LogP contribution in [0.3, 0.4) is 0 Å². The first kappa shape index (κ1) is 17.1. The molecule has 122 valence electrons. The Labute approximate surface area is 130 Å². The Balaban J connectivity index is 2.19. The average Bonchev–Trinajstić information content (AvgIpc) is 2.50. The SMILES string of the molecule is O=C(c1cnc(OCC(F)(F)F)cn1)c1ccc(F)c(Cl)c1F. The summed E-state index contributed by atoms with van der Waals surface area (Å²) in [6.45, 7) is -1.57. The van der Waals surface area contributed by atoms with Crippen molar-refractivity contribution < 1.29 is 31.5 Å². The van der Waals surface area contributed by atoms with Crippen LogP contribution in [0.25, 0.3) is 0 Å². The van der Waals surface area contributed by atoms with E-state index in [1.54, 1.807) is 0 Å². The number of ketones is 1. The number of hydrogen-bond donors (Lipinski definition) is 0. The lowest BCUT2D eigenvalue weighted by molar-refractivity contribution is -0.154. The third-order valence-corrected chi connectivity index (χ3v) is 2.87. The van der Waals surface area contributed by atoms with Gasteiger partial charge in [0.05, 0.1) is 18.0 Å². The molecule has 0 amide bonds. The quantitative estimate of drug-likeness (QED) is 0.479. The number of hydrogen-bond acceptors (Lipinski definition) is 4. The number of rotatable bonds is 4. The van der Waals surface area contributed by atoms with Crippen LogP contribution >= 0.6 is 11.6 Å². The highest BCUT2D eigenvalue weighted by molar-refractivity contribution is 6.31. The highest BCUT2D eigenvalue weighted by atomic mass is 35.5. The van der Waals surface area contributed by atoms with Gasteiger partial charge >= 0.3 is 6.18 Å². The minimum Gasteiger partial charge on any atom is -0.467 e. The Kier molecular flexibility index (Phi) is 4.79.